The average Bonchev–Trinajstić information content (AvgIpc) is 3.03. The summed E-state index contributed by atoms with van der Waals surface area (Å²) in [6, 6.07) is 6.66. The highest BCUT2D eigenvalue weighted by Gasteiger charge is 2.66. The topological polar surface area (TPSA) is 183 Å². The third-order valence-corrected chi connectivity index (χ3v) is 11.2. The number of benzene rings is 1. The number of allylic oxidation sites excluding steroid dienone is 1. The average molecular weight is 599 g/mol. The van der Waals surface area contributed by atoms with Crippen molar-refractivity contribution in [2.24, 2.45) is 28.1 Å². The van der Waals surface area contributed by atoms with Crippen molar-refractivity contribution >= 4 is 44.0 Å². The SMILES string of the molecule is CCC1/C(=C/c2ccc(/C=C3\C(=O)C(CC)(CS(=O)(=O)O)C(O)(O)C3C)cc2)C(=O)C(C)(CS(=O)(=O)O)C1(C)C. The van der Waals surface area contributed by atoms with Crippen LogP contribution >= 0.6 is 0 Å². The summed E-state index contributed by atoms with van der Waals surface area (Å²) in [7, 11) is -9.12. The molecule has 4 atom stereocenters. The second-order valence-corrected chi connectivity index (χ2v) is 14.8. The van der Waals surface area contributed by atoms with E-state index in [9.17, 15) is 45.7 Å². The molecule has 2 saturated carbocycles. The van der Waals surface area contributed by atoms with Crippen molar-refractivity contribution < 1.29 is 45.7 Å². The molecule has 1 aromatic rings. The van der Waals surface area contributed by atoms with Crippen LogP contribution in [0.5, 0.6) is 0 Å². The van der Waals surface area contributed by atoms with Crippen LogP contribution in [0.15, 0.2) is 35.4 Å². The Morgan fingerprint density at radius 2 is 1.25 bits per heavy atom. The minimum atomic E-state index is -4.71. The largest absolute Gasteiger partial charge is 0.364 e. The number of aliphatic hydroxyl groups is 2. The summed E-state index contributed by atoms with van der Waals surface area (Å²) in [5.74, 6) is -7.06. The van der Waals surface area contributed by atoms with Gasteiger partial charge in [-0.15, -0.1) is 0 Å². The summed E-state index contributed by atoms with van der Waals surface area (Å²) in [5, 5.41) is 21.6. The lowest BCUT2D eigenvalue weighted by Crippen LogP contribution is -2.53. The normalized spacial score (nSPS) is 32.4. The van der Waals surface area contributed by atoms with Crippen LogP contribution in [0.2, 0.25) is 0 Å². The van der Waals surface area contributed by atoms with E-state index in [1.165, 1.54) is 19.9 Å². The van der Waals surface area contributed by atoms with E-state index in [0.29, 0.717) is 23.1 Å². The Hall–Kier alpha value is -2.22. The van der Waals surface area contributed by atoms with Crippen LogP contribution in [0.3, 0.4) is 0 Å². The minimum absolute atomic E-state index is 0.00125. The van der Waals surface area contributed by atoms with E-state index >= 15 is 0 Å². The first-order chi connectivity index (χ1) is 18.1. The molecular formula is C28H38O10S2. The fourth-order valence-electron chi connectivity index (χ4n) is 6.57. The first kappa shape index (κ1) is 32.3. The molecule has 2 aliphatic rings. The van der Waals surface area contributed by atoms with Gasteiger partial charge in [0.15, 0.2) is 17.4 Å². The number of carbonyl (C=O) groups is 2. The Labute approximate surface area is 235 Å². The van der Waals surface area contributed by atoms with E-state index in [1.807, 2.05) is 20.8 Å². The van der Waals surface area contributed by atoms with Crippen molar-refractivity contribution in [2.75, 3.05) is 11.5 Å². The molecule has 3 rings (SSSR count). The molecule has 0 spiro atoms. The van der Waals surface area contributed by atoms with Gasteiger partial charge in [-0.2, -0.15) is 16.8 Å². The van der Waals surface area contributed by atoms with Gasteiger partial charge >= 0.3 is 0 Å². The van der Waals surface area contributed by atoms with Gasteiger partial charge in [-0.25, -0.2) is 0 Å². The summed E-state index contributed by atoms with van der Waals surface area (Å²) in [5.41, 5.74) is -2.61. The van der Waals surface area contributed by atoms with E-state index in [2.05, 4.69) is 0 Å². The van der Waals surface area contributed by atoms with Crippen molar-refractivity contribution in [2.45, 2.75) is 60.2 Å². The van der Waals surface area contributed by atoms with E-state index in [4.69, 9.17) is 0 Å². The number of hydrogen-bond acceptors (Lipinski definition) is 8. The molecule has 0 heterocycles. The molecule has 0 radical (unpaired) electrons. The third kappa shape index (κ3) is 5.25. The summed E-state index contributed by atoms with van der Waals surface area (Å²) >= 11 is 0. The molecule has 222 valence electrons. The third-order valence-electron chi connectivity index (χ3n) is 9.40. The highest BCUT2D eigenvalue weighted by atomic mass is 32.2. The fourth-order valence-corrected chi connectivity index (χ4v) is 8.97. The summed E-state index contributed by atoms with van der Waals surface area (Å²) in [6.45, 7) is 9.94. The van der Waals surface area contributed by atoms with Crippen LogP contribution in [0, 0.1) is 28.1 Å². The van der Waals surface area contributed by atoms with Crippen molar-refractivity contribution in [1.29, 1.82) is 0 Å². The molecule has 1 aromatic carbocycles. The molecule has 0 amide bonds. The van der Waals surface area contributed by atoms with Gasteiger partial charge in [-0.05, 0) is 53.0 Å². The van der Waals surface area contributed by atoms with Gasteiger partial charge < -0.3 is 10.2 Å². The maximum atomic E-state index is 13.5. The molecule has 0 aromatic heterocycles. The second kappa shape index (κ2) is 10.2. The molecule has 0 saturated heterocycles. The quantitative estimate of drug-likeness (QED) is 0.197. The predicted molar refractivity (Wildman–Crippen MR) is 150 cm³/mol. The van der Waals surface area contributed by atoms with Gasteiger partial charge in [0.1, 0.15) is 5.41 Å². The highest BCUT2D eigenvalue weighted by Crippen LogP contribution is 2.58. The molecule has 10 nitrogen and oxygen atoms in total. The number of carbonyl (C=O) groups excluding carboxylic acids is 2. The Morgan fingerprint density at radius 3 is 1.65 bits per heavy atom. The van der Waals surface area contributed by atoms with E-state index in [-0.39, 0.29) is 23.7 Å². The van der Waals surface area contributed by atoms with Gasteiger partial charge in [-0.3, -0.25) is 18.7 Å². The predicted octanol–water partition coefficient (Wildman–Crippen LogP) is 3.17. The van der Waals surface area contributed by atoms with E-state index in [1.54, 1.807) is 37.3 Å². The zero-order valence-corrected chi connectivity index (χ0v) is 25.1. The number of ketones is 2. The van der Waals surface area contributed by atoms with Gasteiger partial charge in [0.2, 0.25) is 0 Å². The molecular weight excluding hydrogens is 560 g/mol. The van der Waals surface area contributed by atoms with Crippen molar-refractivity contribution in [3.63, 3.8) is 0 Å². The maximum absolute atomic E-state index is 13.5. The molecule has 4 N–H and O–H groups in total. The van der Waals surface area contributed by atoms with Gasteiger partial charge in [0, 0.05) is 11.5 Å². The second-order valence-electron chi connectivity index (χ2n) is 11.9. The first-order valence-electron chi connectivity index (χ1n) is 13.1. The number of Topliss-reactive ketones (excluding diaryl/α,β-unsaturated/α-hetero) is 2. The Balaban J connectivity index is 2.01. The standard InChI is InChI=1S/C28H38O10S2/c1-7-22-21(23(29)26(6,25(22,4)5)15-39(33,34)35)14-19-11-9-18(10-12-19)13-20-17(3)28(31,32)27(8-2,24(20)30)16-40(36,37)38/h9-14,17,22,31-32H,7-8,15-16H2,1-6H3,(H,33,34,35)(H,36,37,38)/b20-13-,21-14-. The van der Waals surface area contributed by atoms with Crippen LogP contribution in [0.25, 0.3) is 12.2 Å². The molecule has 4 unspecified atom stereocenters. The Bertz CT molecular complexity index is 1480. The van der Waals surface area contributed by atoms with E-state index in [0.717, 1.165) is 0 Å². The van der Waals surface area contributed by atoms with Gasteiger partial charge in [0.25, 0.3) is 20.2 Å². The van der Waals surface area contributed by atoms with Gasteiger partial charge in [0.05, 0.1) is 16.9 Å². The van der Waals surface area contributed by atoms with Crippen molar-refractivity contribution in [3.05, 3.63) is 46.5 Å². The number of hydrogen-bond donors (Lipinski definition) is 4. The fraction of sp³-hybridized carbons (Fsp3) is 0.571. The molecule has 2 fully saturated rings. The Morgan fingerprint density at radius 1 is 0.800 bits per heavy atom. The first-order valence-corrected chi connectivity index (χ1v) is 16.3. The highest BCUT2D eigenvalue weighted by molar-refractivity contribution is 7.86. The smallest absolute Gasteiger partial charge is 0.266 e. The zero-order chi connectivity index (χ0) is 30.7. The summed E-state index contributed by atoms with van der Waals surface area (Å²) in [4.78, 5) is 26.8. The van der Waals surface area contributed by atoms with E-state index < -0.39 is 65.5 Å². The van der Waals surface area contributed by atoms with Crippen LogP contribution < -0.4 is 0 Å². The monoisotopic (exact) mass is 598 g/mol. The maximum Gasteiger partial charge on any atom is 0.266 e. The zero-order valence-electron chi connectivity index (χ0n) is 23.5. The van der Waals surface area contributed by atoms with Crippen LogP contribution in [0.1, 0.15) is 65.5 Å². The summed E-state index contributed by atoms with van der Waals surface area (Å²) in [6.07, 6.45) is 3.47. The summed E-state index contributed by atoms with van der Waals surface area (Å²) < 4.78 is 65.8. The lowest BCUT2D eigenvalue weighted by molar-refractivity contribution is -0.237. The molecule has 12 heteroatoms. The molecule has 0 aliphatic heterocycles. The number of rotatable bonds is 8. The van der Waals surface area contributed by atoms with Crippen LogP contribution in [-0.4, -0.2) is 65.0 Å². The van der Waals surface area contributed by atoms with Gasteiger partial charge in [-0.1, -0.05) is 65.8 Å². The molecule has 0 bridgehead atoms. The molecule has 40 heavy (non-hydrogen) atoms. The Kier molecular flexibility index (Phi) is 8.28. The minimum Gasteiger partial charge on any atom is -0.364 e. The van der Waals surface area contributed by atoms with Crippen LogP contribution in [-0.2, 0) is 29.8 Å². The molecule has 2 aliphatic carbocycles. The lowest BCUT2D eigenvalue weighted by atomic mass is 9.66. The van der Waals surface area contributed by atoms with Crippen LogP contribution in [0.4, 0.5) is 0 Å². The van der Waals surface area contributed by atoms with Crippen molar-refractivity contribution in [3.8, 4) is 0 Å². The lowest BCUT2D eigenvalue weighted by Gasteiger charge is -2.38. The van der Waals surface area contributed by atoms with Crippen molar-refractivity contribution in [1.82, 2.24) is 0 Å².